The summed E-state index contributed by atoms with van der Waals surface area (Å²) >= 11 is 0. The molecule has 0 unspecified atom stereocenters. The van der Waals surface area contributed by atoms with Gasteiger partial charge in [0.2, 0.25) is 0 Å². The van der Waals surface area contributed by atoms with Gasteiger partial charge in [-0.2, -0.15) is 0 Å². The maximum absolute atomic E-state index is 13.1. The molecule has 0 aromatic heterocycles. The quantitative estimate of drug-likeness (QED) is 0.402. The van der Waals surface area contributed by atoms with Gasteiger partial charge in [0.1, 0.15) is 5.75 Å². The molecular formula is C27H27N3O4. The Morgan fingerprint density at radius 1 is 0.971 bits per heavy atom. The Kier molecular flexibility index (Phi) is 6.65. The number of ether oxygens (including phenoxy) is 2. The summed E-state index contributed by atoms with van der Waals surface area (Å²) in [5.41, 5.74) is 5.51. The third-order valence-corrected chi connectivity index (χ3v) is 5.54. The number of carbonyl (C=O) groups is 2. The summed E-state index contributed by atoms with van der Waals surface area (Å²) in [6.45, 7) is 0.744. The number of benzene rings is 3. The molecule has 0 bridgehead atoms. The largest absolute Gasteiger partial charge is 0.496 e. The molecule has 0 saturated carbocycles. The lowest BCUT2D eigenvalue weighted by molar-refractivity contribution is -0.110. The van der Waals surface area contributed by atoms with Gasteiger partial charge in [-0.15, -0.1) is 0 Å². The molecule has 7 nitrogen and oxygen atoms in total. The molecule has 1 amide bonds. The minimum Gasteiger partial charge on any atom is -0.496 e. The van der Waals surface area contributed by atoms with E-state index in [1.54, 1.807) is 25.3 Å². The number of rotatable bonds is 7. The van der Waals surface area contributed by atoms with Crippen LogP contribution in [0, 0.1) is 0 Å². The van der Waals surface area contributed by atoms with Gasteiger partial charge in [0.15, 0.2) is 0 Å². The van der Waals surface area contributed by atoms with E-state index in [0.29, 0.717) is 28.1 Å². The van der Waals surface area contributed by atoms with Crippen molar-refractivity contribution in [1.29, 1.82) is 0 Å². The average Bonchev–Trinajstić information content (AvgIpc) is 3.17. The van der Waals surface area contributed by atoms with Crippen LogP contribution in [0.3, 0.4) is 0 Å². The first kappa shape index (κ1) is 23.1. The van der Waals surface area contributed by atoms with Crippen LogP contribution in [0.25, 0.3) is 11.3 Å². The van der Waals surface area contributed by atoms with Gasteiger partial charge in [-0.05, 0) is 37.9 Å². The van der Waals surface area contributed by atoms with Crippen LogP contribution in [0.4, 0.5) is 11.4 Å². The molecular weight excluding hydrogens is 430 g/mol. The number of hydrogen-bond donors (Lipinski definition) is 2. The van der Waals surface area contributed by atoms with Crippen LogP contribution < -0.4 is 15.4 Å². The summed E-state index contributed by atoms with van der Waals surface area (Å²) in [4.78, 5) is 27.2. The fourth-order valence-corrected chi connectivity index (χ4v) is 3.99. The molecule has 0 saturated heterocycles. The first-order valence-corrected chi connectivity index (χ1v) is 10.8. The van der Waals surface area contributed by atoms with Gasteiger partial charge in [-0.3, -0.25) is 4.79 Å². The highest BCUT2D eigenvalue weighted by atomic mass is 16.5. The van der Waals surface area contributed by atoms with Crippen LogP contribution in [0.5, 0.6) is 5.75 Å². The van der Waals surface area contributed by atoms with Crippen LogP contribution >= 0.6 is 0 Å². The average molecular weight is 458 g/mol. The Balaban J connectivity index is 1.82. The predicted molar refractivity (Wildman–Crippen MR) is 134 cm³/mol. The Morgan fingerprint density at radius 2 is 1.74 bits per heavy atom. The Morgan fingerprint density at radius 3 is 2.41 bits per heavy atom. The summed E-state index contributed by atoms with van der Waals surface area (Å²) in [6.07, 6.45) is 0. The van der Waals surface area contributed by atoms with E-state index in [4.69, 9.17) is 9.47 Å². The number of esters is 1. The summed E-state index contributed by atoms with van der Waals surface area (Å²) in [7, 11) is 6.99. The number of nitrogens with zero attached hydrogens (tertiary/aromatic N) is 1. The fraction of sp³-hybridized carbons (Fsp3) is 0.185. The number of fused-ring (bicyclic) bond motifs is 1. The summed E-state index contributed by atoms with van der Waals surface area (Å²) in [6, 6.07) is 20.6. The number of methoxy groups -OCH3 is 2. The number of amides is 1. The standard InChI is InChI=1S/C27H27N3O4/c1-30(2)16-19-10-12-20(15-23(19)33-3)28-25(17-8-6-5-7-9-17)24-21-13-11-18(27(32)34-4)14-22(21)29-26(24)31/h5-15,28H,16H2,1-4H3,(H,29,31)/b25-24-. The lowest BCUT2D eigenvalue weighted by Gasteiger charge is -2.18. The van der Waals surface area contributed by atoms with E-state index >= 15 is 0 Å². The van der Waals surface area contributed by atoms with Crippen molar-refractivity contribution in [1.82, 2.24) is 4.90 Å². The van der Waals surface area contributed by atoms with Crippen LogP contribution in [-0.4, -0.2) is 45.1 Å². The molecule has 174 valence electrons. The summed E-state index contributed by atoms with van der Waals surface area (Å²) in [5.74, 6) is 0.0514. The van der Waals surface area contributed by atoms with Crippen molar-refractivity contribution in [2.75, 3.05) is 38.9 Å². The smallest absolute Gasteiger partial charge is 0.337 e. The normalized spacial score (nSPS) is 13.9. The molecule has 4 rings (SSSR count). The van der Waals surface area contributed by atoms with E-state index in [1.165, 1.54) is 7.11 Å². The highest BCUT2D eigenvalue weighted by molar-refractivity contribution is 6.37. The molecule has 0 fully saturated rings. The number of carbonyl (C=O) groups excluding carboxylic acids is 2. The first-order valence-electron chi connectivity index (χ1n) is 10.8. The molecule has 2 N–H and O–H groups in total. The summed E-state index contributed by atoms with van der Waals surface area (Å²) in [5, 5.41) is 6.33. The van der Waals surface area contributed by atoms with Gasteiger partial charge in [0.25, 0.3) is 5.91 Å². The van der Waals surface area contributed by atoms with Crippen molar-refractivity contribution in [3.05, 3.63) is 89.0 Å². The van der Waals surface area contributed by atoms with Crippen molar-refractivity contribution in [3.63, 3.8) is 0 Å². The lowest BCUT2D eigenvalue weighted by atomic mass is 9.99. The first-order chi connectivity index (χ1) is 16.4. The van der Waals surface area contributed by atoms with Crippen LogP contribution in [0.15, 0.2) is 66.7 Å². The number of hydrogen-bond acceptors (Lipinski definition) is 6. The van der Waals surface area contributed by atoms with Gasteiger partial charge in [-0.25, -0.2) is 4.79 Å². The molecule has 1 heterocycles. The van der Waals surface area contributed by atoms with E-state index < -0.39 is 5.97 Å². The van der Waals surface area contributed by atoms with Gasteiger partial charge >= 0.3 is 5.97 Å². The second-order valence-corrected chi connectivity index (χ2v) is 8.21. The second-order valence-electron chi connectivity index (χ2n) is 8.21. The van der Waals surface area contributed by atoms with Gasteiger partial charge in [0, 0.05) is 29.4 Å². The van der Waals surface area contributed by atoms with Crippen molar-refractivity contribution in [2.24, 2.45) is 0 Å². The van der Waals surface area contributed by atoms with Crippen LogP contribution in [-0.2, 0) is 16.1 Å². The van der Waals surface area contributed by atoms with E-state index in [0.717, 1.165) is 29.1 Å². The van der Waals surface area contributed by atoms with Crippen LogP contribution in [0.2, 0.25) is 0 Å². The zero-order valence-electron chi connectivity index (χ0n) is 19.6. The second kappa shape index (κ2) is 9.80. The minimum atomic E-state index is -0.458. The molecule has 1 aliphatic rings. The Bertz CT molecular complexity index is 1270. The Hall–Kier alpha value is -4.10. The molecule has 0 atom stereocenters. The molecule has 3 aromatic carbocycles. The fourth-order valence-electron chi connectivity index (χ4n) is 3.99. The zero-order valence-corrected chi connectivity index (χ0v) is 19.6. The third-order valence-electron chi connectivity index (χ3n) is 5.54. The number of nitrogens with one attached hydrogen (secondary N) is 2. The molecule has 7 heteroatoms. The van der Waals surface area contributed by atoms with Crippen LogP contribution in [0.1, 0.15) is 27.0 Å². The van der Waals surface area contributed by atoms with E-state index in [2.05, 4.69) is 15.5 Å². The van der Waals surface area contributed by atoms with E-state index in [1.807, 2.05) is 62.6 Å². The van der Waals surface area contributed by atoms with Crippen molar-refractivity contribution in [2.45, 2.75) is 6.54 Å². The topological polar surface area (TPSA) is 79.9 Å². The Labute approximate surface area is 199 Å². The maximum Gasteiger partial charge on any atom is 0.337 e. The molecule has 0 aliphatic carbocycles. The van der Waals surface area contributed by atoms with Crippen molar-refractivity contribution >= 4 is 34.5 Å². The van der Waals surface area contributed by atoms with E-state index in [-0.39, 0.29) is 5.91 Å². The number of anilines is 2. The van der Waals surface area contributed by atoms with Gasteiger partial charge in [-0.1, -0.05) is 42.5 Å². The van der Waals surface area contributed by atoms with E-state index in [9.17, 15) is 9.59 Å². The molecule has 0 spiro atoms. The molecule has 0 radical (unpaired) electrons. The predicted octanol–water partition coefficient (Wildman–Crippen LogP) is 4.48. The molecule has 3 aromatic rings. The lowest BCUT2D eigenvalue weighted by Crippen LogP contribution is -2.12. The van der Waals surface area contributed by atoms with Crippen molar-refractivity contribution in [3.8, 4) is 5.75 Å². The van der Waals surface area contributed by atoms with Gasteiger partial charge < -0.3 is 25.0 Å². The van der Waals surface area contributed by atoms with Gasteiger partial charge in [0.05, 0.1) is 36.7 Å². The SMILES string of the molecule is COC(=O)c1ccc2c(c1)NC(=O)/C2=C(\Nc1ccc(CN(C)C)c(OC)c1)c1ccccc1. The minimum absolute atomic E-state index is 0.250. The third kappa shape index (κ3) is 4.65. The zero-order chi connectivity index (χ0) is 24.2. The summed E-state index contributed by atoms with van der Waals surface area (Å²) < 4.78 is 10.4. The highest BCUT2D eigenvalue weighted by Crippen LogP contribution is 2.38. The molecule has 1 aliphatic heterocycles. The van der Waals surface area contributed by atoms with Crippen molar-refractivity contribution < 1.29 is 19.1 Å². The highest BCUT2D eigenvalue weighted by Gasteiger charge is 2.29. The maximum atomic E-state index is 13.1. The monoisotopic (exact) mass is 457 g/mol. The molecule has 34 heavy (non-hydrogen) atoms.